The van der Waals surface area contributed by atoms with Gasteiger partial charge in [0.05, 0.1) is 4.47 Å². The van der Waals surface area contributed by atoms with Crippen molar-refractivity contribution in [3.05, 3.63) is 27.8 Å². The number of carbonyl (C=O) groups is 1. The van der Waals surface area contributed by atoms with Crippen molar-refractivity contribution in [1.29, 1.82) is 0 Å². The number of aromatic nitrogens is 1. The van der Waals surface area contributed by atoms with Crippen molar-refractivity contribution in [3.63, 3.8) is 0 Å². The predicted molar refractivity (Wildman–Crippen MR) is 54.3 cm³/mol. The van der Waals surface area contributed by atoms with Crippen LogP contribution in [0, 0.1) is 0 Å². The lowest BCUT2D eigenvalue weighted by Gasteiger charge is -1.87. The van der Waals surface area contributed by atoms with Crippen LogP contribution < -0.4 is 0 Å². The van der Waals surface area contributed by atoms with E-state index in [-0.39, 0.29) is 0 Å². The summed E-state index contributed by atoms with van der Waals surface area (Å²) in [6.45, 7) is 0. The largest absolute Gasteiger partial charge is 0.477 e. The van der Waals surface area contributed by atoms with Crippen LogP contribution in [-0.2, 0) is 0 Å². The minimum absolute atomic E-state index is 0.322. The highest BCUT2D eigenvalue weighted by molar-refractivity contribution is 9.10. The first-order valence-corrected chi connectivity index (χ1v) is 5.06. The Morgan fingerprint density at radius 1 is 1.62 bits per heavy atom. The van der Waals surface area contributed by atoms with Gasteiger partial charge in [0.1, 0.15) is 4.88 Å². The number of hydrogen-bond donors (Lipinski definition) is 1. The number of carboxylic acids is 1. The topological polar surface area (TPSA) is 50.2 Å². The molecule has 3 nitrogen and oxygen atoms in total. The minimum Gasteiger partial charge on any atom is -0.477 e. The SMILES string of the molecule is O=C(O)c1sc2ccncc2c1Br. The molecule has 0 saturated heterocycles. The molecule has 1 N–H and O–H groups in total. The van der Waals surface area contributed by atoms with Gasteiger partial charge in [-0.05, 0) is 22.0 Å². The third-order valence-electron chi connectivity index (χ3n) is 1.62. The molecule has 0 aliphatic rings. The van der Waals surface area contributed by atoms with E-state index in [0.717, 1.165) is 10.1 Å². The molecule has 13 heavy (non-hydrogen) atoms. The van der Waals surface area contributed by atoms with E-state index in [9.17, 15) is 4.79 Å². The third-order valence-corrected chi connectivity index (χ3v) is 3.87. The number of thiophene rings is 1. The molecule has 0 aromatic carbocycles. The fourth-order valence-corrected chi connectivity index (χ4v) is 2.81. The van der Waals surface area contributed by atoms with Gasteiger partial charge in [-0.15, -0.1) is 11.3 Å². The summed E-state index contributed by atoms with van der Waals surface area (Å²) in [5.41, 5.74) is 0. The zero-order valence-corrected chi connectivity index (χ0v) is 8.72. The lowest BCUT2D eigenvalue weighted by molar-refractivity contribution is 0.0701. The summed E-state index contributed by atoms with van der Waals surface area (Å²) in [6, 6.07) is 1.80. The summed E-state index contributed by atoms with van der Waals surface area (Å²) in [7, 11) is 0. The summed E-state index contributed by atoms with van der Waals surface area (Å²) >= 11 is 4.49. The van der Waals surface area contributed by atoms with Gasteiger partial charge < -0.3 is 5.11 Å². The van der Waals surface area contributed by atoms with Gasteiger partial charge in [-0.1, -0.05) is 0 Å². The predicted octanol–water partition coefficient (Wildman–Crippen LogP) is 2.76. The van der Waals surface area contributed by atoms with E-state index < -0.39 is 5.97 Å². The van der Waals surface area contributed by atoms with Crippen LogP contribution in [0.4, 0.5) is 0 Å². The van der Waals surface area contributed by atoms with Crippen LogP contribution in [0.2, 0.25) is 0 Å². The van der Waals surface area contributed by atoms with Crippen LogP contribution in [0.1, 0.15) is 9.67 Å². The Labute approximate surface area is 86.2 Å². The highest BCUT2D eigenvalue weighted by Gasteiger charge is 2.14. The Morgan fingerprint density at radius 3 is 3.00 bits per heavy atom. The molecule has 0 unspecified atom stereocenters. The molecular formula is C8H4BrNO2S. The quantitative estimate of drug-likeness (QED) is 0.855. The van der Waals surface area contributed by atoms with Crippen LogP contribution in [-0.4, -0.2) is 16.1 Å². The van der Waals surface area contributed by atoms with Gasteiger partial charge >= 0.3 is 5.97 Å². The van der Waals surface area contributed by atoms with Gasteiger partial charge in [0.2, 0.25) is 0 Å². The molecule has 0 spiro atoms. The van der Waals surface area contributed by atoms with Crippen LogP contribution in [0.5, 0.6) is 0 Å². The zero-order valence-electron chi connectivity index (χ0n) is 6.32. The summed E-state index contributed by atoms with van der Waals surface area (Å²) in [5.74, 6) is -0.909. The minimum atomic E-state index is -0.909. The lowest BCUT2D eigenvalue weighted by Crippen LogP contribution is -1.91. The fraction of sp³-hybridized carbons (Fsp3) is 0. The molecule has 0 radical (unpaired) electrons. The lowest BCUT2D eigenvalue weighted by atomic mass is 10.3. The Kier molecular flexibility index (Phi) is 2.05. The van der Waals surface area contributed by atoms with E-state index in [2.05, 4.69) is 20.9 Å². The number of halogens is 1. The first-order chi connectivity index (χ1) is 6.20. The van der Waals surface area contributed by atoms with E-state index in [1.165, 1.54) is 11.3 Å². The van der Waals surface area contributed by atoms with Gasteiger partial charge in [-0.3, -0.25) is 4.98 Å². The number of pyridine rings is 1. The molecule has 2 heterocycles. The molecule has 2 aromatic rings. The van der Waals surface area contributed by atoms with Gasteiger partial charge in [-0.2, -0.15) is 0 Å². The van der Waals surface area contributed by atoms with Crippen molar-refractivity contribution in [2.24, 2.45) is 0 Å². The van der Waals surface area contributed by atoms with Gasteiger partial charge in [0, 0.05) is 22.5 Å². The highest BCUT2D eigenvalue weighted by Crippen LogP contribution is 2.34. The normalized spacial score (nSPS) is 10.5. The van der Waals surface area contributed by atoms with Crippen LogP contribution in [0.3, 0.4) is 0 Å². The number of nitrogens with zero attached hydrogens (tertiary/aromatic N) is 1. The zero-order chi connectivity index (χ0) is 9.42. The standard InChI is InChI=1S/C8H4BrNO2S/c9-6-4-3-10-2-1-5(4)13-7(6)8(11)12/h1-3H,(H,11,12). The summed E-state index contributed by atoms with van der Waals surface area (Å²) in [4.78, 5) is 15.0. The van der Waals surface area contributed by atoms with Gasteiger partial charge in [0.15, 0.2) is 0 Å². The molecule has 66 valence electrons. The van der Waals surface area contributed by atoms with E-state index in [1.54, 1.807) is 18.5 Å². The van der Waals surface area contributed by atoms with Crippen molar-refractivity contribution < 1.29 is 9.90 Å². The number of hydrogen-bond acceptors (Lipinski definition) is 3. The van der Waals surface area contributed by atoms with Crippen molar-refractivity contribution in [2.75, 3.05) is 0 Å². The average Bonchev–Trinajstić information content (AvgIpc) is 2.45. The fourth-order valence-electron chi connectivity index (χ4n) is 1.05. The van der Waals surface area contributed by atoms with Crippen LogP contribution in [0.25, 0.3) is 10.1 Å². The maximum Gasteiger partial charge on any atom is 0.347 e. The van der Waals surface area contributed by atoms with E-state index in [4.69, 9.17) is 5.11 Å². The molecule has 2 rings (SSSR count). The Bertz CT molecular complexity index is 480. The van der Waals surface area contributed by atoms with E-state index in [0.29, 0.717) is 9.35 Å². The third kappa shape index (κ3) is 1.34. The van der Waals surface area contributed by atoms with Crippen molar-refractivity contribution >= 4 is 43.3 Å². The average molecular weight is 258 g/mol. The number of carboxylic acid groups (broad SMARTS) is 1. The smallest absolute Gasteiger partial charge is 0.347 e. The molecular weight excluding hydrogens is 254 g/mol. The van der Waals surface area contributed by atoms with Crippen molar-refractivity contribution in [1.82, 2.24) is 4.98 Å². The molecule has 0 fully saturated rings. The second-order valence-electron chi connectivity index (χ2n) is 2.42. The second-order valence-corrected chi connectivity index (χ2v) is 4.27. The number of aromatic carboxylic acids is 1. The maximum atomic E-state index is 10.8. The van der Waals surface area contributed by atoms with Crippen LogP contribution >= 0.6 is 27.3 Å². The monoisotopic (exact) mass is 257 g/mol. The molecule has 0 aliphatic heterocycles. The highest BCUT2D eigenvalue weighted by atomic mass is 79.9. The Balaban J connectivity index is 2.81. The molecule has 0 bridgehead atoms. The van der Waals surface area contributed by atoms with Crippen molar-refractivity contribution in [3.8, 4) is 0 Å². The number of fused-ring (bicyclic) bond motifs is 1. The van der Waals surface area contributed by atoms with Crippen LogP contribution in [0.15, 0.2) is 22.9 Å². The first-order valence-electron chi connectivity index (χ1n) is 3.45. The maximum absolute atomic E-state index is 10.8. The van der Waals surface area contributed by atoms with E-state index >= 15 is 0 Å². The Morgan fingerprint density at radius 2 is 2.38 bits per heavy atom. The molecule has 5 heteroatoms. The number of rotatable bonds is 1. The summed E-state index contributed by atoms with van der Waals surface area (Å²) in [5, 5.41) is 9.68. The van der Waals surface area contributed by atoms with Gasteiger partial charge in [0.25, 0.3) is 0 Å². The second kappa shape index (κ2) is 3.08. The molecule has 2 aromatic heterocycles. The summed E-state index contributed by atoms with van der Waals surface area (Å²) in [6.07, 6.45) is 3.30. The molecule has 0 saturated carbocycles. The first kappa shape index (κ1) is 8.65. The Hall–Kier alpha value is -0.940. The van der Waals surface area contributed by atoms with Gasteiger partial charge in [-0.25, -0.2) is 4.79 Å². The summed E-state index contributed by atoms with van der Waals surface area (Å²) < 4.78 is 1.55. The van der Waals surface area contributed by atoms with Crippen molar-refractivity contribution in [2.45, 2.75) is 0 Å². The molecule has 0 atom stereocenters. The molecule has 0 aliphatic carbocycles. The van der Waals surface area contributed by atoms with E-state index in [1.807, 2.05) is 0 Å². The molecule has 0 amide bonds.